The molecule has 0 amide bonds. The van der Waals surface area contributed by atoms with Crippen LogP contribution in [0, 0.1) is 0 Å². The van der Waals surface area contributed by atoms with E-state index in [2.05, 4.69) is 27.9 Å². The van der Waals surface area contributed by atoms with Crippen molar-refractivity contribution in [1.29, 1.82) is 0 Å². The first-order valence-corrected chi connectivity index (χ1v) is 9.79. The fraction of sp³-hybridized carbons (Fsp3) is 0.300. The van der Waals surface area contributed by atoms with Crippen LogP contribution >= 0.6 is 11.3 Å². The monoisotopic (exact) mass is 381 g/mol. The van der Waals surface area contributed by atoms with E-state index in [9.17, 15) is 0 Å². The summed E-state index contributed by atoms with van der Waals surface area (Å²) in [4.78, 5) is 11.1. The van der Waals surface area contributed by atoms with Crippen molar-refractivity contribution >= 4 is 32.7 Å². The molecule has 1 fully saturated rings. The van der Waals surface area contributed by atoms with E-state index in [0.717, 1.165) is 42.0 Å². The van der Waals surface area contributed by atoms with Gasteiger partial charge in [-0.1, -0.05) is 11.3 Å². The molecule has 4 heterocycles. The van der Waals surface area contributed by atoms with Gasteiger partial charge in [0, 0.05) is 42.3 Å². The van der Waals surface area contributed by atoms with Gasteiger partial charge in [0.15, 0.2) is 5.65 Å². The summed E-state index contributed by atoms with van der Waals surface area (Å²) in [5.74, 6) is 0.710. The molecule has 0 bridgehead atoms. The molecule has 0 radical (unpaired) electrons. The van der Waals surface area contributed by atoms with E-state index in [1.807, 2.05) is 30.5 Å². The zero-order valence-electron chi connectivity index (χ0n) is 14.9. The summed E-state index contributed by atoms with van der Waals surface area (Å²) in [6.07, 6.45) is 3.58. The second-order valence-electron chi connectivity index (χ2n) is 6.72. The minimum absolute atomic E-state index is 0.416. The zero-order chi connectivity index (χ0) is 18.2. The predicted molar refractivity (Wildman–Crippen MR) is 104 cm³/mol. The highest BCUT2D eigenvalue weighted by molar-refractivity contribution is 7.20. The molecular weight excluding hydrogens is 362 g/mol. The number of aromatic nitrogens is 2. The van der Waals surface area contributed by atoms with Crippen LogP contribution in [0.4, 0.5) is 0 Å². The number of ether oxygens (including phenoxy) is 2. The van der Waals surface area contributed by atoms with Gasteiger partial charge in [-0.15, -0.1) is 0 Å². The minimum atomic E-state index is 0.416. The quantitative estimate of drug-likeness (QED) is 0.520. The molecule has 6 nitrogen and oxygen atoms in total. The number of rotatable bonds is 4. The van der Waals surface area contributed by atoms with Gasteiger partial charge in [-0.3, -0.25) is 4.90 Å². The van der Waals surface area contributed by atoms with Crippen molar-refractivity contribution < 1.29 is 13.9 Å². The smallest absolute Gasteiger partial charge is 0.281 e. The third-order valence-electron chi connectivity index (χ3n) is 4.86. The maximum atomic E-state index is 5.93. The Labute approximate surface area is 160 Å². The molecule has 1 unspecified atom stereocenters. The van der Waals surface area contributed by atoms with Crippen molar-refractivity contribution in [1.82, 2.24) is 14.9 Å². The highest BCUT2D eigenvalue weighted by Gasteiger charge is 2.20. The molecule has 1 saturated heterocycles. The van der Waals surface area contributed by atoms with Gasteiger partial charge in [0.25, 0.3) is 5.19 Å². The van der Waals surface area contributed by atoms with Crippen molar-refractivity contribution in [3.8, 4) is 10.9 Å². The Morgan fingerprint density at radius 1 is 1.33 bits per heavy atom. The third kappa shape index (κ3) is 3.29. The number of hydrogen-bond acceptors (Lipinski definition) is 7. The Kier molecular flexibility index (Phi) is 4.27. The van der Waals surface area contributed by atoms with Gasteiger partial charge >= 0.3 is 0 Å². The van der Waals surface area contributed by atoms with E-state index in [4.69, 9.17) is 13.9 Å². The molecular formula is C20H19N3O3S. The number of thiazole rings is 1. The molecule has 0 spiro atoms. The first-order valence-electron chi connectivity index (χ1n) is 8.97. The molecule has 27 heavy (non-hydrogen) atoms. The first kappa shape index (κ1) is 16.7. The van der Waals surface area contributed by atoms with E-state index in [0.29, 0.717) is 22.6 Å². The van der Waals surface area contributed by atoms with Crippen LogP contribution in [0.2, 0.25) is 0 Å². The molecule has 4 aromatic rings. The maximum absolute atomic E-state index is 5.93. The number of hydrogen-bond donors (Lipinski definition) is 0. The van der Waals surface area contributed by atoms with Crippen molar-refractivity contribution in [2.45, 2.75) is 19.5 Å². The molecule has 1 aromatic carbocycles. The Morgan fingerprint density at radius 3 is 3.19 bits per heavy atom. The third-order valence-corrected chi connectivity index (χ3v) is 5.74. The molecule has 1 aliphatic heterocycles. The van der Waals surface area contributed by atoms with E-state index in [-0.39, 0.29) is 0 Å². The van der Waals surface area contributed by atoms with Gasteiger partial charge in [0.2, 0.25) is 0 Å². The predicted octanol–water partition coefficient (Wildman–Crippen LogP) is 4.45. The van der Waals surface area contributed by atoms with Crippen LogP contribution in [0.1, 0.15) is 12.5 Å². The van der Waals surface area contributed by atoms with Gasteiger partial charge in [-0.2, -0.15) is 4.98 Å². The summed E-state index contributed by atoms with van der Waals surface area (Å²) in [7, 11) is 0. The molecule has 1 aliphatic rings. The highest BCUT2D eigenvalue weighted by Crippen LogP contribution is 2.33. The lowest BCUT2D eigenvalue weighted by atomic mass is 10.1. The Morgan fingerprint density at radius 2 is 2.30 bits per heavy atom. The summed E-state index contributed by atoms with van der Waals surface area (Å²) >= 11 is 1.48. The van der Waals surface area contributed by atoms with Crippen molar-refractivity contribution in [3.05, 3.63) is 48.4 Å². The molecule has 138 valence electrons. The maximum Gasteiger partial charge on any atom is 0.281 e. The number of benzene rings is 1. The van der Waals surface area contributed by atoms with Crippen LogP contribution in [-0.4, -0.2) is 40.7 Å². The molecule has 3 aromatic heterocycles. The van der Waals surface area contributed by atoms with Crippen LogP contribution in [-0.2, 0) is 11.3 Å². The van der Waals surface area contributed by atoms with Gasteiger partial charge < -0.3 is 13.9 Å². The lowest BCUT2D eigenvalue weighted by molar-refractivity contribution is -0.00428. The molecule has 0 saturated carbocycles. The summed E-state index contributed by atoms with van der Waals surface area (Å²) in [6.45, 7) is 5.57. The van der Waals surface area contributed by atoms with Gasteiger partial charge in [0.05, 0.1) is 24.2 Å². The Bertz CT molecular complexity index is 1060. The van der Waals surface area contributed by atoms with E-state index < -0.39 is 0 Å². The lowest BCUT2D eigenvalue weighted by Crippen LogP contribution is -2.42. The van der Waals surface area contributed by atoms with E-state index in [1.54, 1.807) is 6.20 Å². The highest BCUT2D eigenvalue weighted by atomic mass is 32.1. The molecule has 5 rings (SSSR count). The summed E-state index contributed by atoms with van der Waals surface area (Å²) in [6, 6.07) is 10.2. The Hall–Kier alpha value is -2.48. The SMILES string of the molecule is CC1COCCN1Cc1coc2cc(Oc3nc4ncccc4s3)ccc12. The number of furan rings is 1. The van der Waals surface area contributed by atoms with Gasteiger partial charge in [-0.05, 0) is 31.2 Å². The largest absolute Gasteiger partial charge is 0.464 e. The van der Waals surface area contributed by atoms with Crippen LogP contribution in [0.15, 0.2) is 47.2 Å². The molecule has 7 heteroatoms. The number of nitrogens with zero attached hydrogens (tertiary/aromatic N) is 3. The summed E-state index contributed by atoms with van der Waals surface area (Å²) < 4.78 is 18.3. The van der Waals surface area contributed by atoms with E-state index in [1.165, 1.54) is 16.9 Å². The second-order valence-corrected chi connectivity index (χ2v) is 7.71. The van der Waals surface area contributed by atoms with Crippen LogP contribution in [0.25, 0.3) is 21.3 Å². The molecule has 0 N–H and O–H groups in total. The number of morpholine rings is 1. The van der Waals surface area contributed by atoms with Crippen molar-refractivity contribution in [3.63, 3.8) is 0 Å². The fourth-order valence-electron chi connectivity index (χ4n) is 3.36. The standard InChI is InChI=1S/C20H19N3O3S/c1-13-11-24-8-7-23(13)10-14-12-25-17-9-15(4-5-16(14)17)26-20-22-19-18(27-20)3-2-6-21-19/h2-6,9,12-13H,7-8,10-11H2,1H3. The van der Waals surface area contributed by atoms with Crippen LogP contribution in [0.5, 0.6) is 10.9 Å². The molecule has 1 atom stereocenters. The minimum Gasteiger partial charge on any atom is -0.464 e. The fourth-order valence-corrected chi connectivity index (χ4v) is 4.15. The lowest BCUT2D eigenvalue weighted by Gasteiger charge is -2.32. The number of pyridine rings is 1. The number of fused-ring (bicyclic) bond motifs is 2. The topological polar surface area (TPSA) is 60.6 Å². The second kappa shape index (κ2) is 6.92. The van der Waals surface area contributed by atoms with Crippen molar-refractivity contribution in [2.24, 2.45) is 0 Å². The summed E-state index contributed by atoms with van der Waals surface area (Å²) in [5, 5.41) is 1.70. The van der Waals surface area contributed by atoms with E-state index >= 15 is 0 Å². The zero-order valence-corrected chi connectivity index (χ0v) is 15.7. The average Bonchev–Trinajstić information content (AvgIpc) is 3.27. The van der Waals surface area contributed by atoms with Crippen molar-refractivity contribution in [2.75, 3.05) is 19.8 Å². The average molecular weight is 381 g/mol. The Balaban J connectivity index is 1.38. The molecule has 0 aliphatic carbocycles. The normalized spacial score (nSPS) is 18.3. The summed E-state index contributed by atoms with van der Waals surface area (Å²) in [5.41, 5.74) is 2.72. The van der Waals surface area contributed by atoms with Gasteiger partial charge in [0.1, 0.15) is 11.3 Å². The van der Waals surface area contributed by atoms with Gasteiger partial charge in [-0.25, -0.2) is 4.98 Å². The van der Waals surface area contributed by atoms with Crippen LogP contribution < -0.4 is 4.74 Å². The van der Waals surface area contributed by atoms with Crippen LogP contribution in [0.3, 0.4) is 0 Å². The first-order chi connectivity index (χ1) is 13.3.